The maximum atomic E-state index is 13.4. The fourth-order valence-corrected chi connectivity index (χ4v) is 6.48. The zero-order chi connectivity index (χ0) is 33.1. The molecule has 6 aromatic rings. The van der Waals surface area contributed by atoms with Crippen LogP contribution in [0.15, 0.2) is 109 Å². The number of aromatic nitrogens is 4. The molecule has 0 bridgehead atoms. The number of carboxylic acid groups (broad SMARTS) is 1. The SMILES string of the molecule is CCc1nn(C(c2ccccc2)(c2ccccc2)c2ccccc2)c(C(=O)O)c1COc1c(C)nn(-c2ccc(C#N)c(Cl)c2)c1C. The topological polar surface area (TPSA) is 106 Å². The van der Waals surface area contributed by atoms with E-state index in [1.165, 1.54) is 0 Å². The molecular weight excluding hydrogens is 610 g/mol. The quantitative estimate of drug-likeness (QED) is 0.153. The predicted octanol–water partition coefficient (Wildman–Crippen LogP) is 7.89. The molecule has 0 saturated heterocycles. The number of aromatic carboxylic acids is 1. The predicted molar refractivity (Wildman–Crippen MR) is 180 cm³/mol. The second kappa shape index (κ2) is 13.0. The minimum Gasteiger partial charge on any atom is -0.485 e. The van der Waals surface area contributed by atoms with Gasteiger partial charge in [-0.2, -0.15) is 15.5 Å². The Kier molecular flexibility index (Phi) is 8.66. The lowest BCUT2D eigenvalue weighted by atomic mass is 9.77. The van der Waals surface area contributed by atoms with Gasteiger partial charge in [0.05, 0.1) is 27.7 Å². The number of carbonyl (C=O) groups is 1. The van der Waals surface area contributed by atoms with Crippen molar-refractivity contribution in [2.75, 3.05) is 0 Å². The number of aryl methyl sites for hydroxylation is 2. The van der Waals surface area contributed by atoms with Gasteiger partial charge in [0.1, 0.15) is 23.9 Å². The van der Waals surface area contributed by atoms with E-state index < -0.39 is 11.5 Å². The highest BCUT2D eigenvalue weighted by Gasteiger charge is 2.43. The van der Waals surface area contributed by atoms with Gasteiger partial charge in [-0.1, -0.05) is 110 Å². The molecule has 234 valence electrons. The van der Waals surface area contributed by atoms with Crippen LogP contribution in [0.25, 0.3) is 5.69 Å². The van der Waals surface area contributed by atoms with Crippen molar-refractivity contribution in [3.63, 3.8) is 0 Å². The van der Waals surface area contributed by atoms with Crippen molar-refractivity contribution in [1.29, 1.82) is 5.26 Å². The van der Waals surface area contributed by atoms with Crippen molar-refractivity contribution in [2.45, 2.75) is 39.3 Å². The highest BCUT2D eigenvalue weighted by Crippen LogP contribution is 2.42. The number of rotatable bonds is 10. The minimum absolute atomic E-state index is 0.0409. The van der Waals surface area contributed by atoms with Crippen molar-refractivity contribution in [3.8, 4) is 17.5 Å². The Hall–Kier alpha value is -5.65. The van der Waals surface area contributed by atoms with Crippen LogP contribution in [0.3, 0.4) is 0 Å². The first-order chi connectivity index (χ1) is 22.8. The first-order valence-electron chi connectivity index (χ1n) is 15.2. The summed E-state index contributed by atoms with van der Waals surface area (Å²) in [6.45, 7) is 5.62. The van der Waals surface area contributed by atoms with E-state index in [2.05, 4.69) is 11.2 Å². The first-order valence-corrected chi connectivity index (χ1v) is 15.6. The molecule has 47 heavy (non-hydrogen) atoms. The van der Waals surface area contributed by atoms with Crippen molar-refractivity contribution < 1.29 is 14.6 Å². The van der Waals surface area contributed by atoms with E-state index in [4.69, 9.17) is 21.4 Å². The van der Waals surface area contributed by atoms with Gasteiger partial charge in [-0.3, -0.25) is 0 Å². The van der Waals surface area contributed by atoms with Crippen molar-refractivity contribution >= 4 is 17.6 Å². The highest BCUT2D eigenvalue weighted by molar-refractivity contribution is 6.31. The van der Waals surface area contributed by atoms with Gasteiger partial charge in [0.25, 0.3) is 0 Å². The maximum absolute atomic E-state index is 13.4. The highest BCUT2D eigenvalue weighted by atomic mass is 35.5. The molecule has 0 aliphatic carbocycles. The van der Waals surface area contributed by atoms with Crippen LogP contribution < -0.4 is 4.74 Å². The van der Waals surface area contributed by atoms with Gasteiger partial charge in [-0.25, -0.2) is 14.2 Å². The summed E-state index contributed by atoms with van der Waals surface area (Å²) in [4.78, 5) is 13.4. The lowest BCUT2D eigenvalue weighted by molar-refractivity contribution is 0.0676. The number of nitriles is 1. The number of benzene rings is 4. The summed E-state index contributed by atoms with van der Waals surface area (Å²) < 4.78 is 9.78. The third kappa shape index (κ3) is 5.45. The Balaban J connectivity index is 1.52. The molecule has 0 aliphatic rings. The molecule has 0 amide bonds. The lowest BCUT2D eigenvalue weighted by Crippen LogP contribution is -2.40. The van der Waals surface area contributed by atoms with Crippen LogP contribution >= 0.6 is 11.6 Å². The summed E-state index contributed by atoms with van der Waals surface area (Å²) in [7, 11) is 0. The maximum Gasteiger partial charge on any atom is 0.354 e. The standard InChI is InChI=1S/C38H32ClN5O3/c1-4-34-32(24-47-36-25(2)41-43(26(36)3)31-21-20-27(23-40)33(39)22-31)35(37(45)46)44(42-34)38(28-14-8-5-9-15-28,29-16-10-6-11-17-29)30-18-12-7-13-19-30/h5-22H,4,24H2,1-3H3,(H,45,46). The molecule has 0 unspecified atom stereocenters. The average Bonchev–Trinajstić information content (AvgIpc) is 3.61. The van der Waals surface area contributed by atoms with Crippen LogP contribution in [0.1, 0.15) is 62.3 Å². The summed E-state index contributed by atoms with van der Waals surface area (Å²) in [6, 6.07) is 36.8. The smallest absolute Gasteiger partial charge is 0.354 e. The number of hydrogen-bond acceptors (Lipinski definition) is 5. The molecule has 0 saturated carbocycles. The Morgan fingerprint density at radius 2 is 1.45 bits per heavy atom. The summed E-state index contributed by atoms with van der Waals surface area (Å²) in [5.41, 5.74) is 5.02. The second-order valence-electron chi connectivity index (χ2n) is 11.1. The van der Waals surface area contributed by atoms with Gasteiger partial charge in [0.15, 0.2) is 11.4 Å². The monoisotopic (exact) mass is 641 g/mol. The number of nitrogens with zero attached hydrogens (tertiary/aromatic N) is 5. The number of ether oxygens (including phenoxy) is 1. The molecule has 6 rings (SSSR count). The van der Waals surface area contributed by atoms with Crippen molar-refractivity contribution in [3.05, 3.63) is 165 Å². The Morgan fingerprint density at radius 1 is 0.894 bits per heavy atom. The van der Waals surface area contributed by atoms with E-state index in [0.29, 0.717) is 51.1 Å². The van der Waals surface area contributed by atoms with Crippen LogP contribution in [0.2, 0.25) is 5.02 Å². The molecule has 0 aliphatic heterocycles. The summed E-state index contributed by atoms with van der Waals surface area (Å²) in [5.74, 6) is -0.587. The van der Waals surface area contributed by atoms with E-state index in [0.717, 1.165) is 16.7 Å². The zero-order valence-electron chi connectivity index (χ0n) is 26.2. The molecule has 1 N–H and O–H groups in total. The fraction of sp³-hybridized carbons (Fsp3) is 0.158. The van der Waals surface area contributed by atoms with E-state index in [9.17, 15) is 15.2 Å². The van der Waals surface area contributed by atoms with Gasteiger partial charge >= 0.3 is 5.97 Å². The fourth-order valence-electron chi connectivity index (χ4n) is 6.26. The van der Waals surface area contributed by atoms with E-state index in [1.807, 2.05) is 112 Å². The van der Waals surface area contributed by atoms with Gasteiger partial charge in [0, 0.05) is 5.56 Å². The van der Waals surface area contributed by atoms with Gasteiger partial charge in [0.2, 0.25) is 0 Å². The van der Waals surface area contributed by atoms with Gasteiger partial charge in [-0.05, 0) is 55.2 Å². The Morgan fingerprint density at radius 3 is 1.91 bits per heavy atom. The normalized spacial score (nSPS) is 11.3. The van der Waals surface area contributed by atoms with Crippen LogP contribution in [-0.2, 0) is 18.6 Å². The van der Waals surface area contributed by atoms with E-state index >= 15 is 0 Å². The van der Waals surface area contributed by atoms with Gasteiger partial charge < -0.3 is 9.84 Å². The summed E-state index contributed by atoms with van der Waals surface area (Å²) in [6.07, 6.45) is 0.487. The zero-order valence-corrected chi connectivity index (χ0v) is 26.9. The average molecular weight is 642 g/mol. The molecule has 4 aromatic carbocycles. The molecule has 0 fully saturated rings. The van der Waals surface area contributed by atoms with E-state index in [1.54, 1.807) is 27.6 Å². The number of hydrogen-bond donors (Lipinski definition) is 1. The van der Waals surface area contributed by atoms with Crippen molar-refractivity contribution in [2.24, 2.45) is 0 Å². The van der Waals surface area contributed by atoms with E-state index in [-0.39, 0.29) is 12.3 Å². The van der Waals surface area contributed by atoms with Crippen LogP contribution in [0.4, 0.5) is 0 Å². The minimum atomic E-state index is -1.11. The second-order valence-corrected chi connectivity index (χ2v) is 11.5. The Bertz CT molecular complexity index is 2000. The first kappa shape index (κ1) is 31.3. The largest absolute Gasteiger partial charge is 0.485 e. The molecule has 8 nitrogen and oxygen atoms in total. The Labute approximate surface area is 278 Å². The van der Waals surface area contributed by atoms with Crippen molar-refractivity contribution in [1.82, 2.24) is 19.6 Å². The van der Waals surface area contributed by atoms with Crippen LogP contribution in [0, 0.1) is 25.2 Å². The lowest BCUT2D eigenvalue weighted by Gasteiger charge is -2.37. The van der Waals surface area contributed by atoms with Gasteiger partial charge in [-0.15, -0.1) is 0 Å². The van der Waals surface area contributed by atoms with Crippen LogP contribution in [-0.4, -0.2) is 30.6 Å². The number of carboxylic acids is 1. The summed E-state index contributed by atoms with van der Waals surface area (Å²) >= 11 is 6.31. The summed E-state index contributed by atoms with van der Waals surface area (Å²) in [5, 5.41) is 30.3. The molecule has 9 heteroatoms. The molecule has 2 heterocycles. The van der Waals surface area contributed by atoms with Crippen LogP contribution in [0.5, 0.6) is 5.75 Å². The molecule has 0 atom stereocenters. The molecular formula is C38H32ClN5O3. The third-order valence-corrected chi connectivity index (χ3v) is 8.71. The third-order valence-electron chi connectivity index (χ3n) is 8.40. The number of halogens is 1. The molecule has 0 radical (unpaired) electrons. The molecule has 0 spiro atoms. The molecule has 2 aromatic heterocycles.